The van der Waals surface area contributed by atoms with Crippen LogP contribution in [0.3, 0.4) is 0 Å². The van der Waals surface area contributed by atoms with Gasteiger partial charge in [0.1, 0.15) is 17.8 Å². The fourth-order valence-corrected chi connectivity index (χ4v) is 2.07. The summed E-state index contributed by atoms with van der Waals surface area (Å²) < 4.78 is 10.6. The molecule has 0 atom stereocenters. The number of anilines is 1. The van der Waals surface area contributed by atoms with E-state index in [4.69, 9.17) is 9.47 Å². The molecular weight excluding hydrogens is 278 g/mol. The zero-order valence-electron chi connectivity index (χ0n) is 12.9. The summed E-state index contributed by atoms with van der Waals surface area (Å²) in [7, 11) is 3.20. The van der Waals surface area contributed by atoms with Crippen LogP contribution < -0.4 is 14.8 Å². The molecule has 0 bridgehead atoms. The molecule has 0 unspecified atom stereocenters. The van der Waals surface area contributed by atoms with Crippen LogP contribution in [0, 0.1) is 6.92 Å². The van der Waals surface area contributed by atoms with Crippen LogP contribution in [0.15, 0.2) is 48.5 Å². The summed E-state index contributed by atoms with van der Waals surface area (Å²) >= 11 is 0. The number of benzene rings is 2. The van der Waals surface area contributed by atoms with Crippen LogP contribution in [0.4, 0.5) is 5.69 Å². The number of hydrogen-bond acceptors (Lipinski definition) is 4. The van der Waals surface area contributed by atoms with Gasteiger partial charge in [0.15, 0.2) is 0 Å². The van der Waals surface area contributed by atoms with E-state index in [0.29, 0.717) is 17.2 Å². The van der Waals surface area contributed by atoms with Gasteiger partial charge in [-0.3, -0.25) is 4.79 Å². The summed E-state index contributed by atoms with van der Waals surface area (Å²) in [5, 5.41) is 3.23. The number of hydrogen-bond donors (Lipinski definition) is 1. The van der Waals surface area contributed by atoms with Crippen molar-refractivity contribution in [2.75, 3.05) is 19.5 Å². The van der Waals surface area contributed by atoms with Gasteiger partial charge in [0.2, 0.25) is 0 Å². The van der Waals surface area contributed by atoms with Crippen molar-refractivity contribution >= 4 is 17.7 Å². The first kappa shape index (κ1) is 15.6. The van der Waals surface area contributed by atoms with Gasteiger partial charge in [-0.2, -0.15) is 0 Å². The van der Waals surface area contributed by atoms with E-state index in [1.54, 1.807) is 14.2 Å². The first-order valence-corrected chi connectivity index (χ1v) is 6.89. The lowest BCUT2D eigenvalue weighted by Gasteiger charge is -2.15. The molecule has 0 amide bonds. The van der Waals surface area contributed by atoms with Gasteiger partial charge in [-0.05, 0) is 24.6 Å². The molecule has 0 fully saturated rings. The minimum Gasteiger partial charge on any atom is -0.497 e. The molecule has 2 rings (SSSR count). The molecule has 0 saturated heterocycles. The average Bonchev–Trinajstić information content (AvgIpc) is 2.55. The number of allylic oxidation sites excluding steroid dienone is 1. The third kappa shape index (κ3) is 3.67. The van der Waals surface area contributed by atoms with Crippen molar-refractivity contribution < 1.29 is 14.3 Å². The topological polar surface area (TPSA) is 47.6 Å². The number of aldehydes is 1. The maximum atomic E-state index is 11.0. The molecule has 4 nitrogen and oxygen atoms in total. The SMILES string of the molecule is COc1ccc(OC)c(N/C(=C/C=O)c2ccc(C)cc2)c1. The maximum absolute atomic E-state index is 11.0. The van der Waals surface area contributed by atoms with Crippen LogP contribution in [0.25, 0.3) is 5.70 Å². The van der Waals surface area contributed by atoms with Crippen molar-refractivity contribution in [1.82, 2.24) is 0 Å². The summed E-state index contributed by atoms with van der Waals surface area (Å²) in [6.07, 6.45) is 2.25. The van der Waals surface area contributed by atoms with Gasteiger partial charge in [0, 0.05) is 17.8 Å². The van der Waals surface area contributed by atoms with Crippen LogP contribution >= 0.6 is 0 Å². The Labute approximate surface area is 130 Å². The fraction of sp³-hybridized carbons (Fsp3) is 0.167. The molecule has 114 valence electrons. The Morgan fingerprint density at radius 1 is 1.05 bits per heavy atom. The highest BCUT2D eigenvalue weighted by atomic mass is 16.5. The lowest BCUT2D eigenvalue weighted by Crippen LogP contribution is -2.02. The van der Waals surface area contributed by atoms with Gasteiger partial charge < -0.3 is 14.8 Å². The molecule has 0 aliphatic rings. The van der Waals surface area contributed by atoms with Crippen molar-refractivity contribution in [3.63, 3.8) is 0 Å². The third-order valence-corrected chi connectivity index (χ3v) is 3.27. The molecule has 2 aromatic rings. The lowest BCUT2D eigenvalue weighted by molar-refractivity contribution is -0.104. The van der Waals surface area contributed by atoms with E-state index in [-0.39, 0.29) is 0 Å². The summed E-state index contributed by atoms with van der Waals surface area (Å²) in [5.41, 5.74) is 3.51. The number of carbonyl (C=O) groups excluding carboxylic acids is 1. The first-order chi connectivity index (χ1) is 10.7. The van der Waals surface area contributed by atoms with E-state index in [1.165, 1.54) is 6.08 Å². The van der Waals surface area contributed by atoms with Crippen LogP contribution in [0.5, 0.6) is 11.5 Å². The Morgan fingerprint density at radius 3 is 2.36 bits per heavy atom. The van der Waals surface area contributed by atoms with Crippen molar-refractivity contribution in [1.29, 1.82) is 0 Å². The smallest absolute Gasteiger partial charge is 0.144 e. The summed E-state index contributed by atoms with van der Waals surface area (Å²) in [6.45, 7) is 2.02. The Morgan fingerprint density at radius 2 is 1.77 bits per heavy atom. The molecule has 0 radical (unpaired) electrons. The van der Waals surface area contributed by atoms with Gasteiger partial charge >= 0.3 is 0 Å². The predicted octanol–water partition coefficient (Wildman–Crippen LogP) is 3.66. The summed E-state index contributed by atoms with van der Waals surface area (Å²) in [6, 6.07) is 13.4. The minimum atomic E-state index is 0.671. The molecule has 0 saturated carbocycles. The molecule has 0 heterocycles. The van der Waals surface area contributed by atoms with Gasteiger partial charge in [0.05, 0.1) is 19.9 Å². The Balaban J connectivity index is 2.38. The largest absolute Gasteiger partial charge is 0.497 e. The minimum absolute atomic E-state index is 0.671. The zero-order valence-corrected chi connectivity index (χ0v) is 12.9. The Bertz CT molecular complexity index is 675. The van der Waals surface area contributed by atoms with E-state index in [0.717, 1.165) is 23.1 Å². The normalized spacial score (nSPS) is 11.0. The molecule has 0 aliphatic heterocycles. The lowest BCUT2D eigenvalue weighted by atomic mass is 10.1. The molecule has 2 aromatic carbocycles. The van der Waals surface area contributed by atoms with Crippen molar-refractivity contribution in [2.45, 2.75) is 6.92 Å². The highest BCUT2D eigenvalue weighted by Gasteiger charge is 2.08. The maximum Gasteiger partial charge on any atom is 0.144 e. The van der Waals surface area contributed by atoms with Crippen molar-refractivity contribution in [3.8, 4) is 11.5 Å². The number of methoxy groups -OCH3 is 2. The Kier molecular flexibility index (Phi) is 5.20. The molecule has 0 spiro atoms. The molecule has 4 heteroatoms. The molecule has 22 heavy (non-hydrogen) atoms. The zero-order chi connectivity index (χ0) is 15.9. The van der Waals surface area contributed by atoms with Gasteiger partial charge in [0.25, 0.3) is 0 Å². The summed E-state index contributed by atoms with van der Waals surface area (Å²) in [4.78, 5) is 11.0. The van der Waals surface area contributed by atoms with Crippen LogP contribution in [-0.2, 0) is 4.79 Å². The number of carbonyl (C=O) groups is 1. The second kappa shape index (κ2) is 7.31. The second-order valence-corrected chi connectivity index (χ2v) is 4.77. The molecule has 1 N–H and O–H groups in total. The van der Waals surface area contributed by atoms with E-state index in [9.17, 15) is 4.79 Å². The second-order valence-electron chi connectivity index (χ2n) is 4.77. The quantitative estimate of drug-likeness (QED) is 0.653. The fourth-order valence-electron chi connectivity index (χ4n) is 2.07. The average molecular weight is 297 g/mol. The van der Waals surface area contributed by atoms with E-state index in [1.807, 2.05) is 49.4 Å². The number of ether oxygens (including phenoxy) is 2. The molecular formula is C18H19NO3. The first-order valence-electron chi connectivity index (χ1n) is 6.89. The van der Waals surface area contributed by atoms with Gasteiger partial charge in [-0.1, -0.05) is 29.8 Å². The number of aryl methyl sites for hydroxylation is 1. The van der Waals surface area contributed by atoms with E-state index < -0.39 is 0 Å². The van der Waals surface area contributed by atoms with Gasteiger partial charge in [-0.25, -0.2) is 0 Å². The van der Waals surface area contributed by atoms with Crippen LogP contribution in [-0.4, -0.2) is 20.5 Å². The molecule has 0 aliphatic carbocycles. The van der Waals surface area contributed by atoms with Crippen LogP contribution in [0.1, 0.15) is 11.1 Å². The van der Waals surface area contributed by atoms with E-state index >= 15 is 0 Å². The highest BCUT2D eigenvalue weighted by molar-refractivity contribution is 5.88. The standard InChI is InChI=1S/C18H19NO3/c1-13-4-6-14(7-5-13)16(10-11-20)19-17-12-15(21-2)8-9-18(17)22-3/h4-12,19H,1-3H3/b16-10+. The monoisotopic (exact) mass is 297 g/mol. The highest BCUT2D eigenvalue weighted by Crippen LogP contribution is 2.31. The van der Waals surface area contributed by atoms with Gasteiger partial charge in [-0.15, -0.1) is 0 Å². The van der Waals surface area contributed by atoms with Crippen LogP contribution in [0.2, 0.25) is 0 Å². The number of nitrogens with one attached hydrogen (secondary N) is 1. The molecule has 0 aromatic heterocycles. The van der Waals surface area contributed by atoms with E-state index in [2.05, 4.69) is 5.32 Å². The summed E-state index contributed by atoms with van der Waals surface area (Å²) in [5.74, 6) is 1.38. The van der Waals surface area contributed by atoms with Crippen molar-refractivity contribution in [2.24, 2.45) is 0 Å². The Hall–Kier alpha value is -2.75. The predicted molar refractivity (Wildman–Crippen MR) is 88.4 cm³/mol. The third-order valence-electron chi connectivity index (χ3n) is 3.27. The van der Waals surface area contributed by atoms with Crippen molar-refractivity contribution in [3.05, 3.63) is 59.7 Å². The number of rotatable bonds is 6.